The van der Waals surface area contributed by atoms with Crippen LogP contribution in [0.1, 0.15) is 12.1 Å². The molecule has 0 fully saturated rings. The Balaban J connectivity index is 2.17. The minimum Gasteiger partial charge on any atom is -0.370 e. The van der Waals surface area contributed by atoms with E-state index in [2.05, 4.69) is 46.3 Å². The Labute approximate surface area is 95.1 Å². The molecule has 3 heteroatoms. The number of benzene rings is 1. The number of aryl methyl sites for hydroxylation is 2. The van der Waals surface area contributed by atoms with Gasteiger partial charge in [0.1, 0.15) is 5.82 Å². The standard InChI is InChI=1S/C13H15N3/c1-10-12(11-6-3-2-4-7-11)13-14-8-5-9-16(13)15-10/h2-4,6-7,14H,5,8-9H2,1H3. The highest BCUT2D eigenvalue weighted by atomic mass is 15.3. The molecule has 3 rings (SSSR count). The average Bonchev–Trinajstić information content (AvgIpc) is 2.66. The van der Waals surface area contributed by atoms with Gasteiger partial charge in [0.2, 0.25) is 0 Å². The zero-order valence-electron chi connectivity index (χ0n) is 9.40. The second kappa shape index (κ2) is 3.67. The predicted octanol–water partition coefficient (Wildman–Crippen LogP) is 2.67. The fourth-order valence-electron chi connectivity index (χ4n) is 2.31. The zero-order valence-corrected chi connectivity index (χ0v) is 9.40. The van der Waals surface area contributed by atoms with Gasteiger partial charge in [-0.3, -0.25) is 0 Å². The van der Waals surface area contributed by atoms with E-state index in [9.17, 15) is 0 Å². The van der Waals surface area contributed by atoms with E-state index in [0.29, 0.717) is 0 Å². The van der Waals surface area contributed by atoms with Crippen LogP contribution in [-0.4, -0.2) is 16.3 Å². The minimum absolute atomic E-state index is 1.02. The number of anilines is 1. The highest BCUT2D eigenvalue weighted by molar-refractivity contribution is 5.78. The smallest absolute Gasteiger partial charge is 0.132 e. The molecule has 3 nitrogen and oxygen atoms in total. The first-order valence-corrected chi connectivity index (χ1v) is 5.73. The molecule has 1 aliphatic heterocycles. The molecule has 2 heterocycles. The summed E-state index contributed by atoms with van der Waals surface area (Å²) in [4.78, 5) is 0. The van der Waals surface area contributed by atoms with E-state index in [0.717, 1.165) is 25.2 Å². The van der Waals surface area contributed by atoms with Gasteiger partial charge < -0.3 is 5.32 Å². The molecule has 1 aromatic carbocycles. The molecule has 0 aliphatic carbocycles. The molecule has 1 N–H and O–H groups in total. The maximum absolute atomic E-state index is 4.58. The van der Waals surface area contributed by atoms with Gasteiger partial charge in [0.15, 0.2) is 0 Å². The number of nitrogens with one attached hydrogen (secondary N) is 1. The highest BCUT2D eigenvalue weighted by Gasteiger charge is 2.18. The molecule has 1 aromatic heterocycles. The first-order chi connectivity index (χ1) is 7.86. The normalized spacial score (nSPS) is 14.3. The van der Waals surface area contributed by atoms with Crippen LogP contribution in [0.25, 0.3) is 11.1 Å². The summed E-state index contributed by atoms with van der Waals surface area (Å²) < 4.78 is 2.08. The molecule has 82 valence electrons. The Kier molecular flexibility index (Phi) is 2.17. The molecule has 0 bridgehead atoms. The zero-order chi connectivity index (χ0) is 11.0. The Morgan fingerprint density at radius 1 is 1.25 bits per heavy atom. The van der Waals surface area contributed by atoms with Gasteiger partial charge in [0.25, 0.3) is 0 Å². The quantitative estimate of drug-likeness (QED) is 0.789. The molecule has 0 amide bonds. The van der Waals surface area contributed by atoms with Crippen LogP contribution >= 0.6 is 0 Å². The molecule has 1 aliphatic rings. The molecule has 0 saturated carbocycles. The van der Waals surface area contributed by atoms with E-state index in [4.69, 9.17) is 0 Å². The van der Waals surface area contributed by atoms with E-state index in [1.165, 1.54) is 16.9 Å². The van der Waals surface area contributed by atoms with E-state index < -0.39 is 0 Å². The minimum atomic E-state index is 1.02. The van der Waals surface area contributed by atoms with Gasteiger partial charge in [-0.1, -0.05) is 30.3 Å². The summed E-state index contributed by atoms with van der Waals surface area (Å²) >= 11 is 0. The van der Waals surface area contributed by atoms with E-state index in [1.54, 1.807) is 0 Å². The van der Waals surface area contributed by atoms with Crippen LogP contribution < -0.4 is 5.32 Å². The number of hydrogen-bond acceptors (Lipinski definition) is 2. The van der Waals surface area contributed by atoms with Crippen LogP contribution in [0.4, 0.5) is 5.82 Å². The third kappa shape index (κ3) is 1.40. The van der Waals surface area contributed by atoms with Crippen LogP contribution in [0.3, 0.4) is 0 Å². The van der Waals surface area contributed by atoms with Gasteiger partial charge in [-0.15, -0.1) is 0 Å². The Bertz CT molecular complexity index is 499. The van der Waals surface area contributed by atoms with E-state index >= 15 is 0 Å². The number of nitrogens with zero attached hydrogens (tertiary/aromatic N) is 2. The van der Waals surface area contributed by atoms with Crippen molar-refractivity contribution in [3.05, 3.63) is 36.0 Å². The third-order valence-corrected chi connectivity index (χ3v) is 3.03. The number of fused-ring (bicyclic) bond motifs is 1. The van der Waals surface area contributed by atoms with Gasteiger partial charge in [-0.05, 0) is 18.9 Å². The molecule has 0 saturated heterocycles. The Morgan fingerprint density at radius 2 is 2.06 bits per heavy atom. The first kappa shape index (κ1) is 9.46. The van der Waals surface area contributed by atoms with Crippen molar-refractivity contribution in [2.45, 2.75) is 19.9 Å². The Morgan fingerprint density at radius 3 is 2.88 bits per heavy atom. The lowest BCUT2D eigenvalue weighted by atomic mass is 10.1. The number of aromatic nitrogens is 2. The van der Waals surface area contributed by atoms with Crippen molar-refractivity contribution in [1.82, 2.24) is 9.78 Å². The lowest BCUT2D eigenvalue weighted by molar-refractivity contribution is 0.564. The summed E-state index contributed by atoms with van der Waals surface area (Å²) in [5.74, 6) is 1.18. The maximum Gasteiger partial charge on any atom is 0.132 e. The average molecular weight is 213 g/mol. The van der Waals surface area contributed by atoms with Gasteiger partial charge in [-0.25, -0.2) is 4.68 Å². The second-order valence-corrected chi connectivity index (χ2v) is 4.18. The van der Waals surface area contributed by atoms with Gasteiger partial charge >= 0.3 is 0 Å². The SMILES string of the molecule is Cc1nn2c(c1-c1ccccc1)NCCC2. The lowest BCUT2D eigenvalue weighted by Crippen LogP contribution is -2.17. The summed E-state index contributed by atoms with van der Waals surface area (Å²) in [6.07, 6.45) is 1.16. The van der Waals surface area contributed by atoms with Crippen molar-refractivity contribution >= 4 is 5.82 Å². The largest absolute Gasteiger partial charge is 0.370 e. The molecule has 0 spiro atoms. The van der Waals surface area contributed by atoms with Crippen LogP contribution in [0.2, 0.25) is 0 Å². The van der Waals surface area contributed by atoms with Crippen molar-refractivity contribution in [3.8, 4) is 11.1 Å². The van der Waals surface area contributed by atoms with Crippen LogP contribution in [-0.2, 0) is 6.54 Å². The summed E-state index contributed by atoms with van der Waals surface area (Å²) in [7, 11) is 0. The number of hydrogen-bond donors (Lipinski definition) is 1. The summed E-state index contributed by atoms with van der Waals surface area (Å²) in [5, 5.41) is 8.03. The summed E-state index contributed by atoms with van der Waals surface area (Å²) in [6.45, 7) is 4.15. The van der Waals surface area contributed by atoms with Gasteiger partial charge in [0, 0.05) is 18.7 Å². The van der Waals surface area contributed by atoms with Crippen molar-refractivity contribution in [2.75, 3.05) is 11.9 Å². The fourth-order valence-corrected chi connectivity index (χ4v) is 2.31. The highest BCUT2D eigenvalue weighted by Crippen LogP contribution is 2.32. The number of rotatable bonds is 1. The van der Waals surface area contributed by atoms with Gasteiger partial charge in [0.05, 0.1) is 5.69 Å². The lowest BCUT2D eigenvalue weighted by Gasteiger charge is -2.17. The van der Waals surface area contributed by atoms with E-state index in [1.807, 2.05) is 6.07 Å². The molecular formula is C13H15N3. The molecular weight excluding hydrogens is 198 g/mol. The van der Waals surface area contributed by atoms with Crippen molar-refractivity contribution in [1.29, 1.82) is 0 Å². The van der Waals surface area contributed by atoms with Crippen LogP contribution in [0.15, 0.2) is 30.3 Å². The molecule has 16 heavy (non-hydrogen) atoms. The molecule has 0 unspecified atom stereocenters. The van der Waals surface area contributed by atoms with E-state index in [-0.39, 0.29) is 0 Å². The first-order valence-electron chi connectivity index (χ1n) is 5.73. The Hall–Kier alpha value is -1.77. The maximum atomic E-state index is 4.58. The predicted molar refractivity (Wildman–Crippen MR) is 65.5 cm³/mol. The monoisotopic (exact) mass is 213 g/mol. The van der Waals surface area contributed by atoms with Gasteiger partial charge in [-0.2, -0.15) is 5.10 Å². The third-order valence-electron chi connectivity index (χ3n) is 3.03. The van der Waals surface area contributed by atoms with Crippen LogP contribution in [0.5, 0.6) is 0 Å². The molecule has 0 radical (unpaired) electrons. The summed E-state index contributed by atoms with van der Waals surface area (Å²) in [6, 6.07) is 10.5. The van der Waals surface area contributed by atoms with Crippen LogP contribution in [0, 0.1) is 6.92 Å². The molecule has 2 aromatic rings. The van der Waals surface area contributed by atoms with Crippen molar-refractivity contribution < 1.29 is 0 Å². The van der Waals surface area contributed by atoms with Crippen molar-refractivity contribution in [3.63, 3.8) is 0 Å². The fraction of sp³-hybridized carbons (Fsp3) is 0.308. The summed E-state index contributed by atoms with van der Waals surface area (Å²) in [5.41, 5.74) is 3.60. The second-order valence-electron chi connectivity index (χ2n) is 4.18. The van der Waals surface area contributed by atoms with Crippen molar-refractivity contribution in [2.24, 2.45) is 0 Å². The molecule has 0 atom stereocenters. The topological polar surface area (TPSA) is 29.9 Å².